The maximum atomic E-state index is 11.8. The predicted octanol–water partition coefficient (Wildman–Crippen LogP) is -0.0403. The minimum absolute atomic E-state index is 0.0441. The fraction of sp³-hybridized carbons (Fsp3) is 0.222. The van der Waals surface area contributed by atoms with Gasteiger partial charge in [-0.05, 0) is 6.08 Å². The Kier molecular flexibility index (Phi) is 1.43. The highest BCUT2D eigenvalue weighted by atomic mass is 16.5. The molecule has 0 radical (unpaired) electrons. The molecule has 1 aromatic heterocycles. The van der Waals surface area contributed by atoms with Gasteiger partial charge in [-0.3, -0.25) is 10.1 Å². The Morgan fingerprint density at radius 1 is 1.57 bits per heavy atom. The molecular formula is C9H7N3O2. The van der Waals surface area contributed by atoms with E-state index >= 15 is 0 Å². The number of fused-ring (bicyclic) bond motifs is 2. The maximum Gasteiger partial charge on any atom is 0.206 e. The lowest BCUT2D eigenvalue weighted by atomic mass is 9.98. The van der Waals surface area contributed by atoms with Crippen LogP contribution in [0.1, 0.15) is 16.1 Å². The van der Waals surface area contributed by atoms with Crippen LogP contribution in [0.5, 0.6) is 0 Å². The summed E-state index contributed by atoms with van der Waals surface area (Å²) in [6.07, 6.45) is 4.80. The van der Waals surface area contributed by atoms with E-state index in [0.717, 1.165) is 5.56 Å². The third-order valence-electron chi connectivity index (χ3n) is 2.34. The van der Waals surface area contributed by atoms with Gasteiger partial charge >= 0.3 is 0 Å². The van der Waals surface area contributed by atoms with E-state index in [9.17, 15) is 4.79 Å². The first-order valence-corrected chi connectivity index (χ1v) is 4.28. The van der Waals surface area contributed by atoms with Crippen molar-refractivity contribution in [1.82, 2.24) is 15.3 Å². The van der Waals surface area contributed by atoms with Crippen molar-refractivity contribution in [1.29, 1.82) is 0 Å². The normalized spacial score (nSPS) is 23.6. The molecule has 70 valence electrons. The number of ketones is 1. The maximum absolute atomic E-state index is 11.8. The van der Waals surface area contributed by atoms with Gasteiger partial charge in [-0.15, -0.1) is 0 Å². The van der Waals surface area contributed by atoms with Crippen molar-refractivity contribution in [3.8, 4) is 0 Å². The molecule has 1 aromatic rings. The third kappa shape index (κ3) is 0.898. The van der Waals surface area contributed by atoms with E-state index in [4.69, 9.17) is 4.74 Å². The average Bonchev–Trinajstić information content (AvgIpc) is 2.66. The summed E-state index contributed by atoms with van der Waals surface area (Å²) in [5, 5.41) is 2.95. The molecule has 1 aliphatic heterocycles. The zero-order chi connectivity index (χ0) is 9.54. The van der Waals surface area contributed by atoms with Gasteiger partial charge in [0, 0.05) is 11.8 Å². The van der Waals surface area contributed by atoms with Crippen LogP contribution < -0.4 is 5.32 Å². The number of carbonyl (C=O) groups is 1. The number of hydrogen-bond donors (Lipinski definition) is 1. The monoisotopic (exact) mass is 189 g/mol. The van der Waals surface area contributed by atoms with Gasteiger partial charge in [-0.25, -0.2) is 9.97 Å². The Labute approximate surface area is 79.8 Å². The SMILES string of the molecule is O=C1c2ncncc2C=C2OCNC12. The molecule has 5 nitrogen and oxygen atoms in total. The lowest BCUT2D eigenvalue weighted by Gasteiger charge is -2.14. The van der Waals surface area contributed by atoms with Gasteiger partial charge in [0.25, 0.3) is 0 Å². The molecule has 5 heteroatoms. The molecule has 14 heavy (non-hydrogen) atoms. The van der Waals surface area contributed by atoms with Crippen LogP contribution in [0.25, 0.3) is 6.08 Å². The summed E-state index contributed by atoms with van der Waals surface area (Å²) in [5.74, 6) is 0.620. The summed E-state index contributed by atoms with van der Waals surface area (Å²) in [7, 11) is 0. The lowest BCUT2D eigenvalue weighted by molar-refractivity contribution is 0.0956. The molecule has 1 aliphatic carbocycles. The first-order chi connectivity index (χ1) is 6.86. The summed E-state index contributed by atoms with van der Waals surface area (Å²) >= 11 is 0. The number of rotatable bonds is 0. The van der Waals surface area contributed by atoms with Gasteiger partial charge in [0.15, 0.2) is 0 Å². The number of aromatic nitrogens is 2. The number of nitrogens with zero attached hydrogens (tertiary/aromatic N) is 2. The van der Waals surface area contributed by atoms with Crippen LogP contribution in [0.15, 0.2) is 18.3 Å². The van der Waals surface area contributed by atoms with Crippen molar-refractivity contribution in [3.05, 3.63) is 29.5 Å². The van der Waals surface area contributed by atoms with E-state index in [1.54, 1.807) is 12.3 Å². The molecule has 0 bridgehead atoms. The Morgan fingerprint density at radius 2 is 2.50 bits per heavy atom. The highest BCUT2D eigenvalue weighted by Gasteiger charge is 2.35. The summed E-state index contributed by atoms with van der Waals surface area (Å²) < 4.78 is 5.26. The number of carbonyl (C=O) groups excluding carboxylic acids is 1. The van der Waals surface area contributed by atoms with Crippen LogP contribution in [0.4, 0.5) is 0 Å². The van der Waals surface area contributed by atoms with E-state index < -0.39 is 0 Å². The second-order valence-electron chi connectivity index (χ2n) is 3.16. The largest absolute Gasteiger partial charge is 0.480 e. The van der Waals surface area contributed by atoms with Crippen LogP contribution in [0.2, 0.25) is 0 Å². The summed E-state index contributed by atoms with van der Waals surface area (Å²) in [6.45, 7) is 0.379. The molecule has 0 spiro atoms. The topological polar surface area (TPSA) is 64.1 Å². The van der Waals surface area contributed by atoms with Gasteiger partial charge < -0.3 is 4.74 Å². The van der Waals surface area contributed by atoms with Crippen molar-refractivity contribution in [2.75, 3.05) is 6.73 Å². The van der Waals surface area contributed by atoms with E-state index in [-0.39, 0.29) is 11.8 Å². The van der Waals surface area contributed by atoms with E-state index in [2.05, 4.69) is 15.3 Å². The number of hydrogen-bond acceptors (Lipinski definition) is 5. The summed E-state index contributed by atoms with van der Waals surface area (Å²) in [4.78, 5) is 19.6. The zero-order valence-electron chi connectivity index (χ0n) is 7.23. The molecule has 2 aliphatic rings. The Bertz CT molecular complexity index is 441. The molecule has 1 saturated heterocycles. The molecule has 0 amide bonds. The Hall–Kier alpha value is -1.75. The first-order valence-electron chi connectivity index (χ1n) is 4.28. The van der Waals surface area contributed by atoms with Crippen LogP contribution >= 0.6 is 0 Å². The number of ether oxygens (including phenoxy) is 1. The van der Waals surface area contributed by atoms with Crippen molar-refractivity contribution in [3.63, 3.8) is 0 Å². The molecule has 0 saturated carbocycles. The number of Topliss-reactive ketones (excluding diaryl/α,β-unsaturated/α-hetero) is 1. The van der Waals surface area contributed by atoms with Crippen molar-refractivity contribution < 1.29 is 9.53 Å². The van der Waals surface area contributed by atoms with Gasteiger partial charge in [0.1, 0.15) is 30.6 Å². The highest BCUT2D eigenvalue weighted by Crippen LogP contribution is 2.25. The second kappa shape index (κ2) is 2.62. The average molecular weight is 189 g/mol. The minimum Gasteiger partial charge on any atom is -0.480 e. The number of nitrogens with one attached hydrogen (secondary N) is 1. The predicted molar refractivity (Wildman–Crippen MR) is 47.2 cm³/mol. The van der Waals surface area contributed by atoms with Crippen molar-refractivity contribution in [2.24, 2.45) is 0 Å². The fourth-order valence-electron chi connectivity index (χ4n) is 1.68. The second-order valence-corrected chi connectivity index (χ2v) is 3.16. The molecular weight excluding hydrogens is 182 g/mol. The van der Waals surface area contributed by atoms with Crippen LogP contribution in [-0.4, -0.2) is 28.5 Å². The van der Waals surface area contributed by atoms with Crippen LogP contribution in [-0.2, 0) is 4.74 Å². The Morgan fingerprint density at radius 3 is 3.43 bits per heavy atom. The van der Waals surface area contributed by atoms with E-state index in [1.165, 1.54) is 6.33 Å². The fourth-order valence-corrected chi connectivity index (χ4v) is 1.68. The highest BCUT2D eigenvalue weighted by molar-refractivity contribution is 6.06. The van der Waals surface area contributed by atoms with E-state index in [0.29, 0.717) is 18.2 Å². The summed E-state index contributed by atoms with van der Waals surface area (Å²) in [5.41, 5.74) is 1.19. The quantitative estimate of drug-likeness (QED) is 0.620. The van der Waals surface area contributed by atoms with Gasteiger partial charge in [0.05, 0.1) is 0 Å². The van der Waals surface area contributed by atoms with Gasteiger partial charge in [-0.1, -0.05) is 0 Å². The molecule has 1 atom stereocenters. The van der Waals surface area contributed by atoms with Crippen molar-refractivity contribution >= 4 is 11.9 Å². The van der Waals surface area contributed by atoms with Crippen LogP contribution in [0.3, 0.4) is 0 Å². The molecule has 0 aromatic carbocycles. The zero-order valence-corrected chi connectivity index (χ0v) is 7.23. The minimum atomic E-state index is -0.350. The molecule has 1 fully saturated rings. The van der Waals surface area contributed by atoms with Crippen LogP contribution in [0, 0.1) is 0 Å². The van der Waals surface area contributed by atoms with Crippen molar-refractivity contribution in [2.45, 2.75) is 6.04 Å². The summed E-state index contributed by atoms with van der Waals surface area (Å²) in [6, 6.07) is -0.350. The van der Waals surface area contributed by atoms with E-state index in [1.807, 2.05) is 0 Å². The first kappa shape index (κ1) is 7.64. The van der Waals surface area contributed by atoms with Gasteiger partial charge in [0.2, 0.25) is 5.78 Å². The Balaban J connectivity index is 2.20. The molecule has 2 heterocycles. The molecule has 1 N–H and O–H groups in total. The third-order valence-corrected chi connectivity index (χ3v) is 2.34. The lowest BCUT2D eigenvalue weighted by Crippen LogP contribution is -2.34. The molecule has 1 unspecified atom stereocenters. The smallest absolute Gasteiger partial charge is 0.206 e. The molecule has 3 rings (SSSR count). The standard InChI is InChI=1S/C9H7N3O2/c13-9-7-5(2-10-3-11-7)1-6-8(9)12-4-14-6/h1-3,8,12H,4H2. The van der Waals surface area contributed by atoms with Gasteiger partial charge in [-0.2, -0.15) is 0 Å².